The van der Waals surface area contributed by atoms with E-state index in [-0.39, 0.29) is 13.0 Å². The predicted molar refractivity (Wildman–Crippen MR) is 113 cm³/mol. The maximum absolute atomic E-state index is 13.8. The molecule has 4 rings (SSSR count). The van der Waals surface area contributed by atoms with E-state index in [9.17, 15) is 8.78 Å². The Kier molecular flexibility index (Phi) is 5.67. The molecule has 154 valence electrons. The van der Waals surface area contributed by atoms with Gasteiger partial charge in [-0.2, -0.15) is 5.26 Å². The van der Waals surface area contributed by atoms with Crippen molar-refractivity contribution in [2.45, 2.75) is 6.42 Å². The second-order valence-electron chi connectivity index (χ2n) is 6.67. The predicted octanol–water partition coefficient (Wildman–Crippen LogP) is 4.97. The molecule has 0 bridgehead atoms. The lowest BCUT2D eigenvalue weighted by Gasteiger charge is -2.14. The third-order valence-electron chi connectivity index (χ3n) is 4.59. The lowest BCUT2D eigenvalue weighted by molar-refractivity contribution is 0.330. The molecule has 0 saturated carbocycles. The molecule has 2 aromatic carbocycles. The van der Waals surface area contributed by atoms with E-state index in [0.717, 1.165) is 11.6 Å². The SMILES string of the molecule is CNc1nc(-c2cccnc2)nc2c(OCCC#N)cc(-c3cc(F)cc(F)c3)cc12. The third-order valence-corrected chi connectivity index (χ3v) is 4.59. The first-order valence-corrected chi connectivity index (χ1v) is 9.49. The standard InChI is InChI=1S/C23H17F2N5O/c1-27-23-19-10-16(15-8-17(24)12-18(25)9-15)11-20(31-7-3-5-26)21(19)29-22(30-23)14-4-2-6-28-13-14/h2,4,6,8-13H,3,7H2,1H3,(H,27,29,30). The van der Waals surface area contributed by atoms with Crippen LogP contribution in [0.1, 0.15) is 6.42 Å². The number of hydrogen-bond acceptors (Lipinski definition) is 6. The van der Waals surface area contributed by atoms with Gasteiger partial charge in [0.2, 0.25) is 0 Å². The van der Waals surface area contributed by atoms with E-state index >= 15 is 0 Å². The van der Waals surface area contributed by atoms with E-state index in [1.807, 2.05) is 12.1 Å². The first kappa shape index (κ1) is 20.2. The van der Waals surface area contributed by atoms with Crippen LogP contribution in [0.15, 0.2) is 54.9 Å². The second-order valence-corrected chi connectivity index (χ2v) is 6.67. The highest BCUT2D eigenvalue weighted by Crippen LogP contribution is 2.36. The number of rotatable bonds is 6. The quantitative estimate of drug-likeness (QED) is 0.446. The highest BCUT2D eigenvalue weighted by atomic mass is 19.1. The maximum atomic E-state index is 13.8. The smallest absolute Gasteiger partial charge is 0.163 e. The van der Waals surface area contributed by atoms with Gasteiger partial charge in [0.05, 0.1) is 12.5 Å². The fourth-order valence-corrected chi connectivity index (χ4v) is 3.22. The number of nitrogens with one attached hydrogen (secondary N) is 1. The summed E-state index contributed by atoms with van der Waals surface area (Å²) in [5.41, 5.74) is 2.12. The van der Waals surface area contributed by atoms with Gasteiger partial charge >= 0.3 is 0 Å². The number of hydrogen-bond donors (Lipinski definition) is 1. The molecule has 0 fully saturated rings. The summed E-state index contributed by atoms with van der Waals surface area (Å²) in [5.74, 6) is -0.0121. The van der Waals surface area contributed by atoms with Crippen LogP contribution in [0.5, 0.6) is 5.75 Å². The molecule has 0 aliphatic carbocycles. The van der Waals surface area contributed by atoms with Crippen molar-refractivity contribution in [1.29, 1.82) is 5.26 Å². The monoisotopic (exact) mass is 417 g/mol. The van der Waals surface area contributed by atoms with Crippen LogP contribution < -0.4 is 10.1 Å². The van der Waals surface area contributed by atoms with E-state index < -0.39 is 11.6 Å². The Morgan fingerprint density at radius 3 is 2.48 bits per heavy atom. The summed E-state index contributed by atoms with van der Waals surface area (Å²) in [6.07, 6.45) is 3.49. The van der Waals surface area contributed by atoms with Gasteiger partial charge in [0.25, 0.3) is 0 Å². The Morgan fingerprint density at radius 1 is 1.03 bits per heavy atom. The number of ether oxygens (including phenoxy) is 1. The van der Waals surface area contributed by atoms with E-state index in [1.165, 1.54) is 12.1 Å². The molecule has 0 saturated heterocycles. The van der Waals surface area contributed by atoms with Crippen molar-refractivity contribution in [2.75, 3.05) is 19.0 Å². The van der Waals surface area contributed by atoms with Gasteiger partial charge in [0.15, 0.2) is 5.82 Å². The molecule has 1 N–H and O–H groups in total. The number of fused-ring (bicyclic) bond motifs is 1. The molecule has 4 aromatic rings. The molecule has 8 heteroatoms. The summed E-state index contributed by atoms with van der Waals surface area (Å²) < 4.78 is 33.5. The van der Waals surface area contributed by atoms with Crippen molar-refractivity contribution in [3.63, 3.8) is 0 Å². The minimum absolute atomic E-state index is 0.147. The summed E-state index contributed by atoms with van der Waals surface area (Å²) in [6.45, 7) is 0.147. The summed E-state index contributed by atoms with van der Waals surface area (Å²) in [7, 11) is 1.72. The van der Waals surface area contributed by atoms with Crippen molar-refractivity contribution in [2.24, 2.45) is 0 Å². The van der Waals surface area contributed by atoms with Gasteiger partial charge in [-0.25, -0.2) is 18.7 Å². The number of aromatic nitrogens is 3. The second kappa shape index (κ2) is 8.71. The van der Waals surface area contributed by atoms with Crippen LogP contribution in [0, 0.1) is 23.0 Å². The van der Waals surface area contributed by atoms with Crippen molar-refractivity contribution >= 4 is 16.7 Å². The van der Waals surface area contributed by atoms with Gasteiger partial charge in [-0.05, 0) is 47.5 Å². The summed E-state index contributed by atoms with van der Waals surface area (Å²) in [4.78, 5) is 13.3. The van der Waals surface area contributed by atoms with Crippen LogP contribution in [0.4, 0.5) is 14.6 Å². The Labute approximate surface area is 177 Å². The molecule has 0 unspecified atom stereocenters. The maximum Gasteiger partial charge on any atom is 0.163 e. The molecular formula is C23H17F2N5O. The topological polar surface area (TPSA) is 83.7 Å². The number of pyridine rings is 1. The molecule has 0 amide bonds. The molecule has 6 nitrogen and oxygen atoms in total. The van der Waals surface area contributed by atoms with Crippen LogP contribution in [0.2, 0.25) is 0 Å². The first-order chi connectivity index (χ1) is 15.1. The van der Waals surface area contributed by atoms with E-state index in [4.69, 9.17) is 10.00 Å². The van der Waals surface area contributed by atoms with Crippen LogP contribution in [-0.4, -0.2) is 28.6 Å². The number of benzene rings is 2. The summed E-state index contributed by atoms with van der Waals surface area (Å²) >= 11 is 0. The molecule has 0 atom stereocenters. The molecular weight excluding hydrogens is 400 g/mol. The Balaban J connectivity index is 1.95. The van der Waals surface area contributed by atoms with Gasteiger partial charge in [-0.3, -0.25) is 4.98 Å². The van der Waals surface area contributed by atoms with E-state index in [2.05, 4.69) is 20.3 Å². The Hall–Kier alpha value is -4.12. The number of nitriles is 1. The van der Waals surface area contributed by atoms with Gasteiger partial charge < -0.3 is 10.1 Å². The number of halogens is 2. The van der Waals surface area contributed by atoms with Gasteiger partial charge in [0.1, 0.15) is 35.3 Å². The number of anilines is 1. The minimum atomic E-state index is -0.681. The van der Waals surface area contributed by atoms with Crippen molar-refractivity contribution in [1.82, 2.24) is 15.0 Å². The third kappa shape index (κ3) is 4.26. The van der Waals surface area contributed by atoms with Gasteiger partial charge in [0, 0.05) is 36.5 Å². The fourth-order valence-electron chi connectivity index (χ4n) is 3.22. The van der Waals surface area contributed by atoms with Crippen LogP contribution in [0.25, 0.3) is 33.4 Å². The Morgan fingerprint density at radius 2 is 1.81 bits per heavy atom. The molecule has 0 aliphatic heterocycles. The average molecular weight is 417 g/mol. The van der Waals surface area contributed by atoms with Crippen molar-refractivity contribution < 1.29 is 13.5 Å². The highest BCUT2D eigenvalue weighted by molar-refractivity contribution is 5.97. The lowest BCUT2D eigenvalue weighted by atomic mass is 10.0. The Bertz CT molecular complexity index is 1270. The summed E-state index contributed by atoms with van der Waals surface area (Å²) in [6, 6.07) is 12.4. The minimum Gasteiger partial charge on any atom is -0.490 e. The van der Waals surface area contributed by atoms with E-state index in [1.54, 1.807) is 37.6 Å². The lowest BCUT2D eigenvalue weighted by Crippen LogP contribution is -2.03. The molecule has 31 heavy (non-hydrogen) atoms. The first-order valence-electron chi connectivity index (χ1n) is 9.49. The largest absolute Gasteiger partial charge is 0.490 e. The van der Waals surface area contributed by atoms with Crippen LogP contribution >= 0.6 is 0 Å². The molecule has 2 aromatic heterocycles. The zero-order valence-electron chi connectivity index (χ0n) is 16.6. The highest BCUT2D eigenvalue weighted by Gasteiger charge is 2.16. The zero-order chi connectivity index (χ0) is 21.8. The van der Waals surface area contributed by atoms with Gasteiger partial charge in [-0.1, -0.05) is 0 Å². The number of nitrogens with zero attached hydrogens (tertiary/aromatic N) is 4. The van der Waals surface area contributed by atoms with Crippen LogP contribution in [0.3, 0.4) is 0 Å². The van der Waals surface area contributed by atoms with Crippen molar-refractivity contribution in [3.05, 3.63) is 66.5 Å². The molecule has 2 heterocycles. The zero-order valence-corrected chi connectivity index (χ0v) is 16.6. The van der Waals surface area contributed by atoms with E-state index in [0.29, 0.717) is 39.4 Å². The van der Waals surface area contributed by atoms with Crippen LogP contribution in [-0.2, 0) is 0 Å². The average Bonchev–Trinajstić information content (AvgIpc) is 2.78. The molecule has 0 radical (unpaired) electrons. The van der Waals surface area contributed by atoms with Crippen molar-refractivity contribution in [3.8, 4) is 34.3 Å². The van der Waals surface area contributed by atoms with Gasteiger partial charge in [-0.15, -0.1) is 0 Å². The molecule has 0 spiro atoms. The normalized spacial score (nSPS) is 10.6. The summed E-state index contributed by atoms with van der Waals surface area (Å²) in [5, 5.41) is 12.5. The molecule has 0 aliphatic rings. The fraction of sp³-hybridized carbons (Fsp3) is 0.130.